The van der Waals surface area contributed by atoms with Gasteiger partial charge in [0.05, 0.1) is 0 Å². The van der Waals surface area contributed by atoms with Gasteiger partial charge in [-0.3, -0.25) is 4.90 Å². The molecule has 0 fully saturated rings. The van der Waals surface area contributed by atoms with Gasteiger partial charge in [0.25, 0.3) is 0 Å². The molecule has 1 N–H and O–H groups in total. The summed E-state index contributed by atoms with van der Waals surface area (Å²) in [6, 6.07) is 9.53. The average Bonchev–Trinajstić information content (AvgIpc) is 2.44. The second-order valence-electron chi connectivity index (χ2n) is 6.68. The van der Waals surface area contributed by atoms with Crippen LogP contribution in [0.3, 0.4) is 0 Å². The van der Waals surface area contributed by atoms with E-state index in [0.717, 1.165) is 32.0 Å². The molecule has 0 saturated heterocycles. The lowest BCUT2D eigenvalue weighted by Crippen LogP contribution is -2.31. The summed E-state index contributed by atoms with van der Waals surface area (Å²) in [5.41, 5.74) is 2.99. The van der Waals surface area contributed by atoms with Gasteiger partial charge < -0.3 is 5.32 Å². The zero-order chi connectivity index (χ0) is 15.7. The fraction of sp³-hybridized carbons (Fsp3) is 0.684. The Morgan fingerprint density at radius 2 is 1.71 bits per heavy atom. The van der Waals surface area contributed by atoms with E-state index < -0.39 is 0 Å². The van der Waals surface area contributed by atoms with E-state index in [9.17, 15) is 0 Å². The highest BCUT2D eigenvalue weighted by atomic mass is 15.1. The minimum Gasteiger partial charge on any atom is -0.316 e. The highest BCUT2D eigenvalue weighted by molar-refractivity contribution is 5.27. The summed E-state index contributed by atoms with van der Waals surface area (Å²) in [4.78, 5) is 2.57. The molecule has 0 amide bonds. The maximum atomic E-state index is 3.55. The van der Waals surface area contributed by atoms with Crippen molar-refractivity contribution in [2.45, 2.75) is 60.0 Å². The van der Waals surface area contributed by atoms with Crippen LogP contribution in [-0.4, -0.2) is 30.6 Å². The number of nitrogens with zero attached hydrogens (tertiary/aromatic N) is 1. The Balaban J connectivity index is 2.61. The standard InChI is InChI=1S/C19H34N2/c1-6-13-21(17(4)5)15-19-10-8-7-9-18(19)11-12-20-14-16(2)3/h7-10,16-17,20H,6,11-15H2,1-5H3. The number of nitrogens with one attached hydrogen (secondary N) is 1. The largest absolute Gasteiger partial charge is 0.316 e. The van der Waals surface area contributed by atoms with Gasteiger partial charge in [-0.2, -0.15) is 0 Å². The lowest BCUT2D eigenvalue weighted by Gasteiger charge is -2.27. The van der Waals surface area contributed by atoms with E-state index in [1.54, 1.807) is 0 Å². The van der Waals surface area contributed by atoms with Crippen molar-refractivity contribution in [3.8, 4) is 0 Å². The molecule has 0 spiro atoms. The second kappa shape index (κ2) is 9.97. The normalized spacial score (nSPS) is 11.8. The van der Waals surface area contributed by atoms with Gasteiger partial charge >= 0.3 is 0 Å². The van der Waals surface area contributed by atoms with Crippen molar-refractivity contribution in [3.63, 3.8) is 0 Å². The Bertz CT molecular complexity index is 385. The molecule has 0 radical (unpaired) electrons. The molecule has 0 bridgehead atoms. The van der Waals surface area contributed by atoms with Crippen molar-refractivity contribution in [1.29, 1.82) is 0 Å². The molecule has 1 aromatic rings. The summed E-state index contributed by atoms with van der Waals surface area (Å²) >= 11 is 0. The van der Waals surface area contributed by atoms with E-state index in [2.05, 4.69) is 69.1 Å². The molecule has 1 aromatic carbocycles. The molecule has 0 aromatic heterocycles. The number of benzene rings is 1. The molecule has 0 aliphatic heterocycles. The Hall–Kier alpha value is -0.860. The number of hydrogen-bond donors (Lipinski definition) is 1. The van der Waals surface area contributed by atoms with Gasteiger partial charge in [-0.15, -0.1) is 0 Å². The molecular weight excluding hydrogens is 256 g/mol. The minimum atomic E-state index is 0.608. The van der Waals surface area contributed by atoms with E-state index in [4.69, 9.17) is 0 Å². The van der Waals surface area contributed by atoms with Crippen LogP contribution >= 0.6 is 0 Å². The van der Waals surface area contributed by atoms with Crippen molar-refractivity contribution >= 4 is 0 Å². The van der Waals surface area contributed by atoms with Gasteiger partial charge in [-0.05, 0) is 63.4 Å². The van der Waals surface area contributed by atoms with Crippen LogP contribution in [0.15, 0.2) is 24.3 Å². The Morgan fingerprint density at radius 3 is 2.29 bits per heavy atom. The highest BCUT2D eigenvalue weighted by Gasteiger charge is 2.11. The van der Waals surface area contributed by atoms with Crippen molar-refractivity contribution in [2.75, 3.05) is 19.6 Å². The summed E-state index contributed by atoms with van der Waals surface area (Å²) < 4.78 is 0. The van der Waals surface area contributed by atoms with Gasteiger partial charge in [0.15, 0.2) is 0 Å². The minimum absolute atomic E-state index is 0.608. The lowest BCUT2D eigenvalue weighted by atomic mass is 10.0. The predicted octanol–water partition coefficient (Wildman–Crippen LogP) is 4.10. The first kappa shape index (κ1) is 18.2. The van der Waals surface area contributed by atoms with Crippen molar-refractivity contribution in [3.05, 3.63) is 35.4 Å². The fourth-order valence-corrected chi connectivity index (χ4v) is 2.60. The van der Waals surface area contributed by atoms with Gasteiger partial charge in [0.1, 0.15) is 0 Å². The van der Waals surface area contributed by atoms with E-state index >= 15 is 0 Å². The third kappa shape index (κ3) is 7.10. The molecule has 0 aliphatic rings. The Labute approximate surface area is 131 Å². The first-order valence-electron chi connectivity index (χ1n) is 8.56. The maximum Gasteiger partial charge on any atom is 0.0239 e. The van der Waals surface area contributed by atoms with Crippen LogP contribution in [0.2, 0.25) is 0 Å². The molecule has 0 saturated carbocycles. The second-order valence-corrected chi connectivity index (χ2v) is 6.68. The third-order valence-corrected chi connectivity index (χ3v) is 3.86. The predicted molar refractivity (Wildman–Crippen MR) is 93.7 cm³/mol. The number of rotatable bonds is 10. The van der Waals surface area contributed by atoms with Crippen LogP contribution in [0.1, 0.15) is 52.2 Å². The maximum absolute atomic E-state index is 3.55. The van der Waals surface area contributed by atoms with Crippen LogP contribution in [0.5, 0.6) is 0 Å². The zero-order valence-corrected chi connectivity index (χ0v) is 14.7. The summed E-state index contributed by atoms with van der Waals surface area (Å²) in [5, 5.41) is 3.55. The van der Waals surface area contributed by atoms with E-state index in [1.807, 2.05) is 0 Å². The summed E-state index contributed by atoms with van der Waals surface area (Å²) in [5.74, 6) is 0.723. The molecule has 21 heavy (non-hydrogen) atoms. The van der Waals surface area contributed by atoms with E-state index in [0.29, 0.717) is 6.04 Å². The SMILES string of the molecule is CCCN(Cc1ccccc1CCNCC(C)C)C(C)C. The van der Waals surface area contributed by atoms with Crippen molar-refractivity contribution in [2.24, 2.45) is 5.92 Å². The molecule has 2 heteroatoms. The van der Waals surface area contributed by atoms with Gasteiger partial charge in [-0.1, -0.05) is 45.0 Å². The monoisotopic (exact) mass is 290 g/mol. The summed E-state index contributed by atoms with van der Waals surface area (Å²) in [6.45, 7) is 15.8. The first-order chi connectivity index (χ1) is 10.0. The van der Waals surface area contributed by atoms with E-state index in [-0.39, 0.29) is 0 Å². The third-order valence-electron chi connectivity index (χ3n) is 3.86. The Kier molecular flexibility index (Phi) is 8.63. The lowest BCUT2D eigenvalue weighted by molar-refractivity contribution is 0.212. The molecule has 0 heterocycles. The quantitative estimate of drug-likeness (QED) is 0.653. The molecule has 120 valence electrons. The molecular formula is C19H34N2. The zero-order valence-electron chi connectivity index (χ0n) is 14.7. The van der Waals surface area contributed by atoms with Gasteiger partial charge in [0, 0.05) is 12.6 Å². The van der Waals surface area contributed by atoms with Crippen LogP contribution in [0.4, 0.5) is 0 Å². The van der Waals surface area contributed by atoms with Crippen LogP contribution in [-0.2, 0) is 13.0 Å². The average molecular weight is 290 g/mol. The first-order valence-corrected chi connectivity index (χ1v) is 8.56. The molecule has 0 aliphatic carbocycles. The highest BCUT2D eigenvalue weighted by Crippen LogP contribution is 2.14. The Morgan fingerprint density at radius 1 is 1.05 bits per heavy atom. The molecule has 0 atom stereocenters. The number of hydrogen-bond acceptors (Lipinski definition) is 2. The summed E-state index contributed by atoms with van der Waals surface area (Å²) in [6.07, 6.45) is 2.34. The fourth-order valence-electron chi connectivity index (χ4n) is 2.60. The topological polar surface area (TPSA) is 15.3 Å². The molecule has 0 unspecified atom stereocenters. The molecule has 2 nitrogen and oxygen atoms in total. The van der Waals surface area contributed by atoms with Crippen LogP contribution < -0.4 is 5.32 Å². The van der Waals surface area contributed by atoms with Crippen molar-refractivity contribution < 1.29 is 0 Å². The van der Waals surface area contributed by atoms with Crippen molar-refractivity contribution in [1.82, 2.24) is 10.2 Å². The van der Waals surface area contributed by atoms with E-state index in [1.165, 1.54) is 24.1 Å². The molecule has 1 rings (SSSR count). The van der Waals surface area contributed by atoms with Crippen LogP contribution in [0.25, 0.3) is 0 Å². The summed E-state index contributed by atoms with van der Waals surface area (Å²) in [7, 11) is 0. The van der Waals surface area contributed by atoms with Gasteiger partial charge in [0.2, 0.25) is 0 Å². The van der Waals surface area contributed by atoms with Crippen LogP contribution in [0, 0.1) is 5.92 Å². The smallest absolute Gasteiger partial charge is 0.0239 e. The van der Waals surface area contributed by atoms with Gasteiger partial charge in [-0.25, -0.2) is 0 Å².